The second-order valence-corrected chi connectivity index (χ2v) is 7.31. The topological polar surface area (TPSA) is 85.8 Å². The lowest BCUT2D eigenvalue weighted by atomic mass is 10.1. The predicted molar refractivity (Wildman–Crippen MR) is 108 cm³/mol. The van der Waals surface area contributed by atoms with Gasteiger partial charge in [-0.2, -0.15) is 0 Å². The lowest BCUT2D eigenvalue weighted by Gasteiger charge is -2.23. The molecule has 5 rings (SSSR count). The largest absolute Gasteiger partial charge is 0.356 e. The molecular weight excluding hydrogens is 366 g/mol. The first-order valence-electron chi connectivity index (χ1n) is 9.67. The molecule has 0 spiro atoms. The molecule has 146 valence electrons. The molecule has 1 aliphatic heterocycles. The molecule has 0 N–H and O–H groups in total. The van der Waals surface area contributed by atoms with E-state index in [0.29, 0.717) is 11.5 Å². The van der Waals surface area contributed by atoms with Crippen molar-refractivity contribution in [1.29, 1.82) is 0 Å². The number of anilines is 1. The second-order valence-electron chi connectivity index (χ2n) is 7.31. The zero-order valence-corrected chi connectivity index (χ0v) is 16.4. The molecule has 4 aromatic rings. The van der Waals surface area contributed by atoms with E-state index in [-0.39, 0.29) is 6.04 Å². The van der Waals surface area contributed by atoms with E-state index in [1.807, 2.05) is 29.8 Å². The zero-order valence-electron chi connectivity index (χ0n) is 16.4. The Morgan fingerprint density at radius 3 is 2.90 bits per heavy atom. The van der Waals surface area contributed by atoms with E-state index >= 15 is 0 Å². The van der Waals surface area contributed by atoms with E-state index in [2.05, 4.69) is 49.3 Å². The van der Waals surface area contributed by atoms with E-state index in [1.54, 1.807) is 18.6 Å². The fourth-order valence-electron chi connectivity index (χ4n) is 3.90. The van der Waals surface area contributed by atoms with E-state index in [1.165, 1.54) is 5.56 Å². The lowest BCUT2D eigenvalue weighted by molar-refractivity contribution is 0.416. The van der Waals surface area contributed by atoms with Crippen LogP contribution in [-0.2, 0) is 7.05 Å². The summed E-state index contributed by atoms with van der Waals surface area (Å²) >= 11 is 0. The van der Waals surface area contributed by atoms with Crippen molar-refractivity contribution in [3.05, 3.63) is 60.2 Å². The van der Waals surface area contributed by atoms with Gasteiger partial charge in [-0.1, -0.05) is 28.9 Å². The van der Waals surface area contributed by atoms with Gasteiger partial charge < -0.3 is 9.42 Å². The predicted octanol–water partition coefficient (Wildman–Crippen LogP) is 3.58. The summed E-state index contributed by atoms with van der Waals surface area (Å²) in [6, 6.07) is 10.4. The standard InChI is InChI=1S/C21H21N7O/c1-14-5-3-6-15(11-14)19-12-16(26-29-19)18-7-4-10-28(18)21-25-24-20(27(21)2)17-13-22-8-9-23-17/h3,5-6,8-9,11-13,18H,4,7,10H2,1-2H3. The maximum absolute atomic E-state index is 5.67. The van der Waals surface area contributed by atoms with Gasteiger partial charge in [-0.05, 0) is 25.8 Å². The summed E-state index contributed by atoms with van der Waals surface area (Å²) in [5, 5.41) is 13.2. The number of hydrogen-bond acceptors (Lipinski definition) is 7. The summed E-state index contributed by atoms with van der Waals surface area (Å²) in [5.74, 6) is 2.28. The minimum Gasteiger partial charge on any atom is -0.356 e. The molecule has 1 saturated heterocycles. The molecule has 1 unspecified atom stereocenters. The van der Waals surface area contributed by atoms with Gasteiger partial charge in [0.15, 0.2) is 11.6 Å². The van der Waals surface area contributed by atoms with E-state index < -0.39 is 0 Å². The van der Waals surface area contributed by atoms with Gasteiger partial charge in [0, 0.05) is 37.6 Å². The summed E-state index contributed by atoms with van der Waals surface area (Å²) in [7, 11) is 1.95. The molecule has 1 aliphatic rings. The van der Waals surface area contributed by atoms with Crippen LogP contribution in [-0.4, -0.2) is 36.4 Å². The van der Waals surface area contributed by atoms with Crippen LogP contribution in [0.2, 0.25) is 0 Å². The third-order valence-electron chi connectivity index (χ3n) is 5.33. The quantitative estimate of drug-likeness (QED) is 0.529. The third kappa shape index (κ3) is 3.16. The SMILES string of the molecule is Cc1cccc(-c2cc(C3CCCN3c3nnc(-c4cnccn4)n3C)no2)c1. The molecule has 3 aromatic heterocycles. The second kappa shape index (κ2) is 7.12. The zero-order chi connectivity index (χ0) is 19.8. The number of benzene rings is 1. The van der Waals surface area contributed by atoms with E-state index in [9.17, 15) is 0 Å². The Labute approximate surface area is 168 Å². The first-order chi connectivity index (χ1) is 14.2. The minimum atomic E-state index is 0.106. The Morgan fingerprint density at radius 2 is 2.07 bits per heavy atom. The fraction of sp³-hybridized carbons (Fsp3) is 0.286. The van der Waals surface area contributed by atoms with Crippen molar-refractivity contribution in [3.63, 3.8) is 0 Å². The molecule has 8 nitrogen and oxygen atoms in total. The molecule has 4 heterocycles. The highest BCUT2D eigenvalue weighted by Gasteiger charge is 2.32. The van der Waals surface area contributed by atoms with E-state index in [0.717, 1.165) is 42.4 Å². The molecule has 0 aliphatic carbocycles. The van der Waals surface area contributed by atoms with Gasteiger partial charge >= 0.3 is 0 Å². The molecule has 8 heteroatoms. The maximum atomic E-state index is 5.67. The van der Waals surface area contributed by atoms with Gasteiger partial charge in [-0.25, -0.2) is 4.98 Å². The summed E-state index contributed by atoms with van der Waals surface area (Å²) in [6.45, 7) is 2.96. The molecule has 0 amide bonds. The van der Waals surface area contributed by atoms with E-state index in [4.69, 9.17) is 4.52 Å². The van der Waals surface area contributed by atoms with Crippen molar-refractivity contribution in [2.45, 2.75) is 25.8 Å². The highest BCUT2D eigenvalue weighted by molar-refractivity contribution is 5.59. The molecule has 1 atom stereocenters. The monoisotopic (exact) mass is 387 g/mol. The smallest absolute Gasteiger partial charge is 0.227 e. The summed E-state index contributed by atoms with van der Waals surface area (Å²) < 4.78 is 7.63. The van der Waals surface area contributed by atoms with Gasteiger partial charge in [0.25, 0.3) is 0 Å². The highest BCUT2D eigenvalue weighted by Crippen LogP contribution is 2.37. The van der Waals surface area contributed by atoms with Gasteiger partial charge in [-0.3, -0.25) is 9.55 Å². The van der Waals surface area contributed by atoms with Gasteiger partial charge in [0.2, 0.25) is 5.95 Å². The lowest BCUT2D eigenvalue weighted by Crippen LogP contribution is -2.25. The van der Waals surface area contributed by atoms with Gasteiger partial charge in [-0.15, -0.1) is 10.2 Å². The Hall–Kier alpha value is -3.55. The average molecular weight is 387 g/mol. The van der Waals surface area contributed by atoms with Crippen LogP contribution < -0.4 is 4.90 Å². The molecule has 0 radical (unpaired) electrons. The van der Waals surface area contributed by atoms with Crippen molar-refractivity contribution in [2.24, 2.45) is 7.05 Å². The van der Waals surface area contributed by atoms with Crippen LogP contribution in [0.25, 0.3) is 22.8 Å². The Morgan fingerprint density at radius 1 is 1.14 bits per heavy atom. The normalized spacial score (nSPS) is 16.5. The molecule has 29 heavy (non-hydrogen) atoms. The molecule has 1 fully saturated rings. The first kappa shape index (κ1) is 17.5. The van der Waals surface area contributed by atoms with Gasteiger partial charge in [0.1, 0.15) is 11.4 Å². The Kier molecular flexibility index (Phi) is 4.31. The fourth-order valence-corrected chi connectivity index (χ4v) is 3.90. The maximum Gasteiger partial charge on any atom is 0.227 e. The van der Waals surface area contributed by atoms with Gasteiger partial charge in [0.05, 0.1) is 12.2 Å². The number of rotatable bonds is 4. The first-order valence-corrected chi connectivity index (χ1v) is 9.67. The summed E-state index contributed by atoms with van der Waals surface area (Å²) in [4.78, 5) is 10.7. The van der Waals surface area contributed by atoms with Crippen molar-refractivity contribution in [3.8, 4) is 22.8 Å². The summed E-state index contributed by atoms with van der Waals surface area (Å²) in [5.41, 5.74) is 3.85. The van der Waals surface area contributed by atoms with Crippen LogP contribution >= 0.6 is 0 Å². The van der Waals surface area contributed by atoms with Crippen LogP contribution in [0, 0.1) is 6.92 Å². The van der Waals surface area contributed by atoms with Crippen LogP contribution in [0.5, 0.6) is 0 Å². The van der Waals surface area contributed by atoms with Crippen molar-refractivity contribution in [2.75, 3.05) is 11.4 Å². The minimum absolute atomic E-state index is 0.106. The van der Waals surface area contributed by atoms with Crippen LogP contribution in [0.15, 0.2) is 53.4 Å². The Balaban J connectivity index is 1.45. The van der Waals surface area contributed by atoms with Crippen LogP contribution in [0.4, 0.5) is 5.95 Å². The molecule has 0 saturated carbocycles. The highest BCUT2D eigenvalue weighted by atomic mass is 16.5. The number of hydrogen-bond donors (Lipinski definition) is 0. The molecule has 0 bridgehead atoms. The third-order valence-corrected chi connectivity index (χ3v) is 5.33. The Bertz CT molecular complexity index is 1130. The number of nitrogens with zero attached hydrogens (tertiary/aromatic N) is 7. The molecular formula is C21H21N7O. The van der Waals surface area contributed by atoms with Crippen molar-refractivity contribution in [1.82, 2.24) is 29.9 Å². The average Bonchev–Trinajstić information content (AvgIpc) is 3.47. The van der Waals surface area contributed by atoms with Crippen LogP contribution in [0.3, 0.4) is 0 Å². The molecule has 1 aromatic carbocycles. The summed E-state index contributed by atoms with van der Waals surface area (Å²) in [6.07, 6.45) is 7.05. The van der Waals surface area contributed by atoms with Crippen molar-refractivity contribution >= 4 is 5.95 Å². The van der Waals surface area contributed by atoms with Crippen molar-refractivity contribution < 1.29 is 4.52 Å². The number of aromatic nitrogens is 6. The number of aryl methyl sites for hydroxylation is 1. The van der Waals surface area contributed by atoms with Crippen LogP contribution in [0.1, 0.15) is 30.1 Å².